The van der Waals surface area contributed by atoms with Gasteiger partial charge in [0, 0.05) is 6.26 Å². The number of benzene rings is 2. The van der Waals surface area contributed by atoms with Crippen molar-refractivity contribution in [3.05, 3.63) is 47.5 Å². The van der Waals surface area contributed by atoms with Crippen LogP contribution >= 0.6 is 0 Å². The molecular formula is C15H18O3S. The molecule has 2 unspecified atom stereocenters. The second-order valence-electron chi connectivity index (χ2n) is 5.00. The van der Waals surface area contributed by atoms with Gasteiger partial charge in [0.2, 0.25) is 0 Å². The van der Waals surface area contributed by atoms with Crippen LogP contribution in [0.5, 0.6) is 0 Å². The van der Waals surface area contributed by atoms with E-state index in [1.165, 1.54) is 6.92 Å². The molecule has 102 valence electrons. The topological polar surface area (TPSA) is 54.4 Å². The summed E-state index contributed by atoms with van der Waals surface area (Å²) in [6, 6.07) is 11.4. The van der Waals surface area contributed by atoms with Gasteiger partial charge in [0.15, 0.2) is 9.84 Å². The molecule has 2 aromatic carbocycles. The van der Waals surface area contributed by atoms with Crippen LogP contribution in [-0.4, -0.2) is 25.0 Å². The monoisotopic (exact) mass is 278 g/mol. The van der Waals surface area contributed by atoms with Gasteiger partial charge in [-0.1, -0.05) is 36.4 Å². The van der Waals surface area contributed by atoms with Crippen molar-refractivity contribution >= 4 is 20.6 Å². The van der Waals surface area contributed by atoms with Gasteiger partial charge < -0.3 is 5.11 Å². The summed E-state index contributed by atoms with van der Waals surface area (Å²) in [6.45, 7) is 3.53. The lowest BCUT2D eigenvalue weighted by atomic mass is 9.96. The summed E-state index contributed by atoms with van der Waals surface area (Å²) < 4.78 is 23.2. The number of rotatable bonds is 3. The van der Waals surface area contributed by atoms with Gasteiger partial charge in [-0.15, -0.1) is 0 Å². The summed E-state index contributed by atoms with van der Waals surface area (Å²) in [5, 5.41) is 11.5. The molecular weight excluding hydrogens is 260 g/mol. The molecule has 0 heterocycles. The van der Waals surface area contributed by atoms with Crippen LogP contribution in [0.3, 0.4) is 0 Å². The number of sulfone groups is 1. The molecule has 2 atom stereocenters. The first-order chi connectivity index (χ1) is 8.82. The predicted molar refractivity (Wildman–Crippen MR) is 78.0 cm³/mol. The Balaban J connectivity index is 2.61. The van der Waals surface area contributed by atoms with Crippen molar-refractivity contribution in [2.75, 3.05) is 6.26 Å². The molecule has 0 radical (unpaired) electrons. The molecule has 0 spiro atoms. The van der Waals surface area contributed by atoms with Crippen LogP contribution in [0.15, 0.2) is 36.4 Å². The summed E-state index contributed by atoms with van der Waals surface area (Å²) in [4.78, 5) is 0. The van der Waals surface area contributed by atoms with Crippen LogP contribution in [0.1, 0.15) is 24.2 Å². The molecule has 2 aromatic rings. The van der Waals surface area contributed by atoms with Gasteiger partial charge in [0.1, 0.15) is 0 Å². The SMILES string of the molecule is Cc1ccc(C(O)C(C)S(C)(=O)=O)c2ccccc12. The van der Waals surface area contributed by atoms with Gasteiger partial charge in [-0.2, -0.15) is 0 Å². The Morgan fingerprint density at radius 3 is 2.21 bits per heavy atom. The second-order valence-corrected chi connectivity index (χ2v) is 7.40. The highest BCUT2D eigenvalue weighted by Crippen LogP contribution is 2.30. The van der Waals surface area contributed by atoms with Crippen molar-refractivity contribution in [1.29, 1.82) is 0 Å². The first-order valence-corrected chi connectivity index (χ1v) is 8.13. The number of hydrogen-bond acceptors (Lipinski definition) is 3. The van der Waals surface area contributed by atoms with E-state index in [1.54, 1.807) is 0 Å². The zero-order chi connectivity index (χ0) is 14.2. The van der Waals surface area contributed by atoms with Crippen LogP contribution in [0, 0.1) is 6.92 Å². The van der Waals surface area contributed by atoms with Crippen LogP contribution < -0.4 is 0 Å². The van der Waals surface area contributed by atoms with Crippen molar-refractivity contribution in [3.63, 3.8) is 0 Å². The van der Waals surface area contributed by atoms with E-state index >= 15 is 0 Å². The molecule has 0 saturated carbocycles. The normalized spacial score (nSPS) is 15.4. The number of fused-ring (bicyclic) bond motifs is 1. The van der Waals surface area contributed by atoms with Crippen LogP contribution in [0.4, 0.5) is 0 Å². The molecule has 0 saturated heterocycles. The van der Waals surface area contributed by atoms with Gasteiger partial charge in [0.05, 0.1) is 11.4 Å². The van der Waals surface area contributed by atoms with E-state index in [4.69, 9.17) is 0 Å². The maximum Gasteiger partial charge on any atom is 0.152 e. The Morgan fingerprint density at radius 1 is 1.05 bits per heavy atom. The Bertz CT molecular complexity index is 704. The molecule has 4 heteroatoms. The van der Waals surface area contributed by atoms with E-state index < -0.39 is 21.2 Å². The molecule has 2 rings (SSSR count). The Hall–Kier alpha value is -1.39. The molecule has 0 fully saturated rings. The average Bonchev–Trinajstić information content (AvgIpc) is 2.37. The predicted octanol–water partition coefficient (Wildman–Crippen LogP) is 2.61. The fourth-order valence-corrected chi connectivity index (χ4v) is 2.83. The van der Waals surface area contributed by atoms with Crippen LogP contribution in [0.2, 0.25) is 0 Å². The molecule has 0 amide bonds. The Morgan fingerprint density at radius 2 is 1.63 bits per heavy atom. The third-order valence-electron chi connectivity index (χ3n) is 3.61. The third kappa shape index (κ3) is 2.65. The Labute approximate surface area is 113 Å². The van der Waals surface area contributed by atoms with Crippen molar-refractivity contribution < 1.29 is 13.5 Å². The molecule has 0 aliphatic rings. The highest BCUT2D eigenvalue weighted by Gasteiger charge is 2.26. The number of aryl methyl sites for hydroxylation is 1. The zero-order valence-electron chi connectivity index (χ0n) is 11.3. The van der Waals surface area contributed by atoms with Gasteiger partial charge in [-0.3, -0.25) is 0 Å². The molecule has 0 aromatic heterocycles. The smallest absolute Gasteiger partial charge is 0.152 e. The zero-order valence-corrected chi connectivity index (χ0v) is 12.1. The quantitative estimate of drug-likeness (QED) is 0.939. The number of hydrogen-bond donors (Lipinski definition) is 1. The minimum absolute atomic E-state index is 0.666. The van der Waals surface area contributed by atoms with Crippen molar-refractivity contribution in [1.82, 2.24) is 0 Å². The summed E-state index contributed by atoms with van der Waals surface area (Å²) in [6.07, 6.45) is 0.137. The number of aliphatic hydroxyl groups is 1. The summed E-state index contributed by atoms with van der Waals surface area (Å²) in [7, 11) is -3.28. The first-order valence-electron chi connectivity index (χ1n) is 6.17. The summed E-state index contributed by atoms with van der Waals surface area (Å²) in [5.41, 5.74) is 1.78. The lowest BCUT2D eigenvalue weighted by Crippen LogP contribution is -2.24. The summed E-state index contributed by atoms with van der Waals surface area (Å²) in [5.74, 6) is 0. The molecule has 0 bridgehead atoms. The highest BCUT2D eigenvalue weighted by atomic mass is 32.2. The molecule has 19 heavy (non-hydrogen) atoms. The van der Waals surface area contributed by atoms with Crippen LogP contribution in [0.25, 0.3) is 10.8 Å². The highest BCUT2D eigenvalue weighted by molar-refractivity contribution is 7.91. The fourth-order valence-electron chi connectivity index (χ4n) is 2.22. The lowest BCUT2D eigenvalue weighted by molar-refractivity contribution is 0.177. The van der Waals surface area contributed by atoms with Gasteiger partial charge in [0.25, 0.3) is 0 Å². The standard InChI is InChI=1S/C15H18O3S/c1-10-8-9-14(13-7-5-4-6-12(10)13)15(16)11(2)19(3,17)18/h4-9,11,15-16H,1-3H3. The van der Waals surface area contributed by atoms with E-state index in [2.05, 4.69) is 0 Å². The molecule has 3 nitrogen and oxygen atoms in total. The first kappa shape index (κ1) is 14.0. The molecule has 0 aliphatic heterocycles. The van der Waals surface area contributed by atoms with Gasteiger partial charge in [-0.25, -0.2) is 8.42 Å². The second kappa shape index (κ2) is 4.94. The third-order valence-corrected chi connectivity index (χ3v) is 5.22. The van der Waals surface area contributed by atoms with Crippen molar-refractivity contribution in [2.24, 2.45) is 0 Å². The lowest BCUT2D eigenvalue weighted by Gasteiger charge is -2.20. The van der Waals surface area contributed by atoms with E-state index in [0.29, 0.717) is 5.56 Å². The van der Waals surface area contributed by atoms with Gasteiger partial charge >= 0.3 is 0 Å². The largest absolute Gasteiger partial charge is 0.387 e. The summed E-state index contributed by atoms with van der Waals surface area (Å²) >= 11 is 0. The Kier molecular flexibility index (Phi) is 3.65. The molecule has 0 aliphatic carbocycles. The molecule has 1 N–H and O–H groups in total. The fraction of sp³-hybridized carbons (Fsp3) is 0.333. The van der Waals surface area contributed by atoms with Gasteiger partial charge in [-0.05, 0) is 35.7 Å². The maximum absolute atomic E-state index is 11.6. The maximum atomic E-state index is 11.6. The number of aliphatic hydroxyl groups excluding tert-OH is 1. The average molecular weight is 278 g/mol. The minimum Gasteiger partial charge on any atom is -0.387 e. The van der Waals surface area contributed by atoms with E-state index in [9.17, 15) is 13.5 Å². The van der Waals surface area contributed by atoms with Crippen molar-refractivity contribution in [2.45, 2.75) is 25.2 Å². The van der Waals surface area contributed by atoms with E-state index in [-0.39, 0.29) is 0 Å². The van der Waals surface area contributed by atoms with Crippen LogP contribution in [-0.2, 0) is 9.84 Å². The van der Waals surface area contributed by atoms with E-state index in [1.807, 2.05) is 43.3 Å². The van der Waals surface area contributed by atoms with Crippen molar-refractivity contribution in [3.8, 4) is 0 Å². The van der Waals surface area contributed by atoms with E-state index in [0.717, 1.165) is 22.6 Å². The minimum atomic E-state index is -3.28.